The second-order valence-electron chi connectivity index (χ2n) is 8.22. The van der Waals surface area contributed by atoms with E-state index in [0.717, 1.165) is 5.56 Å². The highest BCUT2D eigenvalue weighted by molar-refractivity contribution is 5.97. The number of ketones is 1. The number of hydrogen-bond donors (Lipinski definition) is 3. The monoisotopic (exact) mass is 413 g/mol. The normalized spacial score (nSPS) is 18.2. The van der Waals surface area contributed by atoms with Gasteiger partial charge < -0.3 is 16.4 Å². The summed E-state index contributed by atoms with van der Waals surface area (Å²) in [5.41, 5.74) is 6.36. The summed E-state index contributed by atoms with van der Waals surface area (Å²) < 4.78 is 0. The van der Waals surface area contributed by atoms with Gasteiger partial charge in [-0.2, -0.15) is 0 Å². The van der Waals surface area contributed by atoms with Gasteiger partial charge >= 0.3 is 0 Å². The molecule has 162 valence electrons. The second kappa shape index (κ2) is 11.3. The molecule has 30 heavy (non-hydrogen) atoms. The Bertz CT molecular complexity index is 789. The highest BCUT2D eigenvalue weighted by Gasteiger charge is 2.32. The van der Waals surface area contributed by atoms with E-state index >= 15 is 0 Å². The van der Waals surface area contributed by atoms with Crippen LogP contribution in [0.5, 0.6) is 0 Å². The first-order valence-corrected chi connectivity index (χ1v) is 10.4. The van der Waals surface area contributed by atoms with Crippen LogP contribution in [0, 0.1) is 17.8 Å². The number of carbonyl (C=O) groups is 4. The predicted molar refractivity (Wildman–Crippen MR) is 115 cm³/mol. The highest BCUT2D eigenvalue weighted by atomic mass is 16.2. The molecule has 0 saturated carbocycles. The van der Waals surface area contributed by atoms with Gasteiger partial charge in [0.1, 0.15) is 6.04 Å². The van der Waals surface area contributed by atoms with E-state index in [1.165, 1.54) is 6.08 Å². The molecule has 2 rings (SSSR count). The maximum atomic E-state index is 12.9. The standard InChI is InChI=1S/C23H31N3O4/c1-15(2)12-18(13-19(27)9-8-16-6-4-3-5-7-16)23(30)26-20(21(24)28)14-17-10-11-25-22(17)29/h3-9,15,17-18,20H,10-14H2,1-2H3,(H2,24,28)(H,25,29)(H,26,30)/b9-8+/t17-,18+,20-/m0/s1. The van der Waals surface area contributed by atoms with Gasteiger partial charge in [0.2, 0.25) is 17.7 Å². The van der Waals surface area contributed by atoms with Crippen molar-refractivity contribution < 1.29 is 19.2 Å². The summed E-state index contributed by atoms with van der Waals surface area (Å²) in [5.74, 6) is -2.08. The van der Waals surface area contributed by atoms with E-state index in [4.69, 9.17) is 5.73 Å². The van der Waals surface area contributed by atoms with Crippen molar-refractivity contribution in [2.75, 3.05) is 6.54 Å². The van der Waals surface area contributed by atoms with Gasteiger partial charge in [0.15, 0.2) is 5.78 Å². The van der Waals surface area contributed by atoms with Crippen LogP contribution in [0.3, 0.4) is 0 Å². The van der Waals surface area contributed by atoms with Crippen molar-refractivity contribution in [1.29, 1.82) is 0 Å². The number of nitrogens with two attached hydrogens (primary N) is 1. The van der Waals surface area contributed by atoms with Crippen molar-refractivity contribution in [2.45, 2.75) is 45.6 Å². The van der Waals surface area contributed by atoms with Crippen molar-refractivity contribution in [2.24, 2.45) is 23.5 Å². The number of benzene rings is 1. The van der Waals surface area contributed by atoms with Crippen molar-refractivity contribution in [3.05, 3.63) is 42.0 Å². The summed E-state index contributed by atoms with van der Waals surface area (Å²) >= 11 is 0. The third-order valence-electron chi connectivity index (χ3n) is 5.18. The fourth-order valence-corrected chi connectivity index (χ4v) is 3.61. The van der Waals surface area contributed by atoms with Crippen LogP contribution in [0.25, 0.3) is 6.08 Å². The van der Waals surface area contributed by atoms with Crippen molar-refractivity contribution in [1.82, 2.24) is 10.6 Å². The largest absolute Gasteiger partial charge is 0.368 e. The molecule has 0 unspecified atom stereocenters. The lowest BCUT2D eigenvalue weighted by Gasteiger charge is -2.22. The minimum Gasteiger partial charge on any atom is -0.368 e. The molecule has 3 amide bonds. The van der Waals surface area contributed by atoms with E-state index in [2.05, 4.69) is 10.6 Å². The lowest BCUT2D eigenvalue weighted by molar-refractivity contribution is -0.132. The lowest BCUT2D eigenvalue weighted by Crippen LogP contribution is -2.48. The minimum absolute atomic E-state index is 0.0444. The van der Waals surface area contributed by atoms with Gasteiger partial charge in [-0.05, 0) is 36.8 Å². The van der Waals surface area contributed by atoms with E-state index in [-0.39, 0.29) is 42.3 Å². The topological polar surface area (TPSA) is 118 Å². The Morgan fingerprint density at radius 2 is 1.93 bits per heavy atom. The zero-order chi connectivity index (χ0) is 22.1. The van der Waals surface area contributed by atoms with Crippen LogP contribution < -0.4 is 16.4 Å². The average Bonchev–Trinajstić information content (AvgIpc) is 3.10. The van der Waals surface area contributed by atoms with E-state index in [9.17, 15) is 19.2 Å². The van der Waals surface area contributed by atoms with Gasteiger partial charge in [0, 0.05) is 24.8 Å². The third-order valence-corrected chi connectivity index (χ3v) is 5.18. The van der Waals surface area contributed by atoms with E-state index in [1.54, 1.807) is 6.08 Å². The molecule has 4 N–H and O–H groups in total. The maximum absolute atomic E-state index is 12.9. The minimum atomic E-state index is -0.934. The van der Waals surface area contributed by atoms with Crippen molar-refractivity contribution >= 4 is 29.6 Å². The molecule has 0 spiro atoms. The van der Waals surface area contributed by atoms with Gasteiger partial charge in [-0.25, -0.2) is 0 Å². The fraction of sp³-hybridized carbons (Fsp3) is 0.478. The number of primary amides is 1. The van der Waals surface area contributed by atoms with Gasteiger partial charge in [0.25, 0.3) is 0 Å². The Hall–Kier alpha value is -2.96. The van der Waals surface area contributed by atoms with Crippen LogP contribution in [-0.4, -0.2) is 36.1 Å². The Balaban J connectivity index is 2.01. The fourth-order valence-electron chi connectivity index (χ4n) is 3.61. The molecule has 0 radical (unpaired) electrons. The van der Waals surface area contributed by atoms with Crippen LogP contribution in [0.1, 0.15) is 45.1 Å². The molecule has 0 bridgehead atoms. The average molecular weight is 414 g/mol. The molecule has 1 heterocycles. The molecule has 7 heteroatoms. The molecule has 7 nitrogen and oxygen atoms in total. The zero-order valence-electron chi connectivity index (χ0n) is 17.6. The number of nitrogens with one attached hydrogen (secondary N) is 2. The maximum Gasteiger partial charge on any atom is 0.240 e. The van der Waals surface area contributed by atoms with E-state index in [1.807, 2.05) is 44.2 Å². The van der Waals surface area contributed by atoms with Crippen LogP contribution >= 0.6 is 0 Å². The smallest absolute Gasteiger partial charge is 0.240 e. The van der Waals surface area contributed by atoms with E-state index < -0.39 is 17.9 Å². The first-order valence-electron chi connectivity index (χ1n) is 10.4. The summed E-state index contributed by atoms with van der Waals surface area (Å²) in [5, 5.41) is 5.39. The summed E-state index contributed by atoms with van der Waals surface area (Å²) in [6, 6.07) is 8.50. The van der Waals surface area contributed by atoms with Crippen LogP contribution in [0.2, 0.25) is 0 Å². The van der Waals surface area contributed by atoms with Crippen molar-refractivity contribution in [3.63, 3.8) is 0 Å². The molecule has 1 fully saturated rings. The molecule has 1 aromatic rings. The quantitative estimate of drug-likeness (QED) is 0.480. The molecule has 1 aliphatic rings. The molecule has 0 aliphatic carbocycles. The lowest BCUT2D eigenvalue weighted by atomic mass is 9.90. The number of rotatable bonds is 11. The molecule has 3 atom stereocenters. The molecule has 1 aliphatic heterocycles. The summed E-state index contributed by atoms with van der Waals surface area (Å²) in [4.78, 5) is 49.0. The Labute approximate surface area is 177 Å². The number of hydrogen-bond acceptors (Lipinski definition) is 4. The molecule has 0 aromatic heterocycles. The Kier molecular flexibility index (Phi) is 8.77. The summed E-state index contributed by atoms with van der Waals surface area (Å²) in [6.07, 6.45) is 4.52. The molecule has 1 saturated heterocycles. The van der Waals surface area contributed by atoms with Crippen LogP contribution in [-0.2, 0) is 19.2 Å². The number of amides is 3. The Morgan fingerprint density at radius 1 is 1.23 bits per heavy atom. The predicted octanol–water partition coefficient (Wildman–Crippen LogP) is 1.82. The number of allylic oxidation sites excluding steroid dienone is 1. The highest BCUT2D eigenvalue weighted by Crippen LogP contribution is 2.20. The second-order valence-corrected chi connectivity index (χ2v) is 8.22. The first kappa shape index (κ1) is 23.3. The molecular formula is C23H31N3O4. The third kappa shape index (κ3) is 7.46. The van der Waals surface area contributed by atoms with Crippen molar-refractivity contribution in [3.8, 4) is 0 Å². The van der Waals surface area contributed by atoms with Crippen LogP contribution in [0.15, 0.2) is 36.4 Å². The first-order chi connectivity index (χ1) is 14.3. The van der Waals surface area contributed by atoms with Crippen LogP contribution in [0.4, 0.5) is 0 Å². The molecular weight excluding hydrogens is 382 g/mol. The SMILES string of the molecule is CC(C)C[C@H](CC(=O)/C=C/c1ccccc1)C(=O)N[C@@H](C[C@@H]1CCNC1=O)C(N)=O. The number of carbonyl (C=O) groups excluding carboxylic acids is 4. The van der Waals surface area contributed by atoms with Gasteiger partial charge in [-0.3, -0.25) is 19.2 Å². The van der Waals surface area contributed by atoms with E-state index in [0.29, 0.717) is 19.4 Å². The molecule has 1 aromatic carbocycles. The van der Waals surface area contributed by atoms with Gasteiger partial charge in [-0.1, -0.05) is 50.3 Å². The Morgan fingerprint density at radius 3 is 2.50 bits per heavy atom. The summed E-state index contributed by atoms with van der Waals surface area (Å²) in [7, 11) is 0. The van der Waals surface area contributed by atoms with Gasteiger partial charge in [-0.15, -0.1) is 0 Å². The van der Waals surface area contributed by atoms with Gasteiger partial charge in [0.05, 0.1) is 0 Å². The zero-order valence-corrected chi connectivity index (χ0v) is 17.6. The summed E-state index contributed by atoms with van der Waals surface area (Å²) in [6.45, 7) is 4.50.